The van der Waals surface area contributed by atoms with Crippen molar-refractivity contribution in [1.29, 1.82) is 0 Å². The van der Waals surface area contributed by atoms with E-state index in [1.807, 2.05) is 24.3 Å². The summed E-state index contributed by atoms with van der Waals surface area (Å²) in [6.45, 7) is 0.941. The van der Waals surface area contributed by atoms with Crippen LogP contribution in [0.3, 0.4) is 0 Å². The molecule has 0 spiro atoms. The van der Waals surface area contributed by atoms with Crippen molar-refractivity contribution in [3.8, 4) is 5.75 Å². The van der Waals surface area contributed by atoms with Gasteiger partial charge in [-0.05, 0) is 24.1 Å². The predicted molar refractivity (Wildman–Crippen MR) is 76.8 cm³/mol. The third kappa shape index (κ3) is 3.52. The van der Waals surface area contributed by atoms with E-state index in [2.05, 4.69) is 10.6 Å². The summed E-state index contributed by atoms with van der Waals surface area (Å²) < 4.78 is 9.91. The molecule has 6 nitrogen and oxygen atoms in total. The van der Waals surface area contributed by atoms with Gasteiger partial charge >= 0.3 is 5.97 Å². The topological polar surface area (TPSA) is 76.7 Å². The third-order valence-corrected chi connectivity index (χ3v) is 3.65. The molecule has 21 heavy (non-hydrogen) atoms. The number of esters is 1. The van der Waals surface area contributed by atoms with Crippen molar-refractivity contribution < 1.29 is 19.1 Å². The molecule has 0 aromatic heterocycles. The number of amides is 1. The van der Waals surface area contributed by atoms with Gasteiger partial charge in [0.25, 0.3) is 0 Å². The highest BCUT2D eigenvalue weighted by atomic mass is 16.5. The normalized spacial score (nSPS) is 21.0. The highest BCUT2D eigenvalue weighted by molar-refractivity contribution is 5.92. The van der Waals surface area contributed by atoms with Crippen LogP contribution in [-0.2, 0) is 20.9 Å². The van der Waals surface area contributed by atoms with Gasteiger partial charge in [-0.25, -0.2) is 4.79 Å². The van der Waals surface area contributed by atoms with Crippen LogP contribution in [0.1, 0.15) is 18.4 Å². The lowest BCUT2D eigenvalue weighted by Gasteiger charge is -2.26. The number of ether oxygens (including phenoxy) is 2. The smallest absolute Gasteiger partial charge is 0.332 e. The SMILES string of the molecule is COC(=O)C1(CNCc2ccc(OC)cc2)CCC(=O)N1. The molecule has 1 aliphatic rings. The second-order valence-electron chi connectivity index (χ2n) is 5.07. The van der Waals surface area contributed by atoms with Crippen LogP contribution >= 0.6 is 0 Å². The number of methoxy groups -OCH3 is 2. The Bertz CT molecular complexity index is 515. The Balaban J connectivity index is 1.93. The van der Waals surface area contributed by atoms with Gasteiger partial charge in [-0.3, -0.25) is 4.79 Å². The van der Waals surface area contributed by atoms with Crippen LogP contribution in [-0.4, -0.2) is 38.2 Å². The average molecular weight is 292 g/mol. The number of carbonyl (C=O) groups excluding carboxylic acids is 2. The van der Waals surface area contributed by atoms with Gasteiger partial charge in [-0.15, -0.1) is 0 Å². The quantitative estimate of drug-likeness (QED) is 0.751. The first kappa shape index (κ1) is 15.3. The summed E-state index contributed by atoms with van der Waals surface area (Å²) in [7, 11) is 2.95. The Morgan fingerprint density at radius 1 is 1.33 bits per heavy atom. The molecule has 0 radical (unpaired) electrons. The Kier molecular flexibility index (Phi) is 4.80. The standard InChI is InChI=1S/C15H20N2O4/c1-20-12-5-3-11(4-6-12)9-16-10-15(14(19)21-2)8-7-13(18)17-15/h3-6,16H,7-10H2,1-2H3,(H,17,18). The van der Waals surface area contributed by atoms with E-state index in [9.17, 15) is 9.59 Å². The van der Waals surface area contributed by atoms with Crippen molar-refractivity contribution in [2.45, 2.75) is 24.9 Å². The van der Waals surface area contributed by atoms with Gasteiger partial charge < -0.3 is 20.1 Å². The lowest BCUT2D eigenvalue weighted by Crippen LogP contribution is -2.56. The van der Waals surface area contributed by atoms with E-state index in [1.54, 1.807) is 7.11 Å². The maximum Gasteiger partial charge on any atom is 0.332 e. The Morgan fingerprint density at radius 2 is 2.05 bits per heavy atom. The van der Waals surface area contributed by atoms with E-state index < -0.39 is 11.5 Å². The van der Waals surface area contributed by atoms with Crippen LogP contribution in [0.15, 0.2) is 24.3 Å². The van der Waals surface area contributed by atoms with E-state index in [1.165, 1.54) is 7.11 Å². The third-order valence-electron chi connectivity index (χ3n) is 3.65. The van der Waals surface area contributed by atoms with Crippen LogP contribution in [0.25, 0.3) is 0 Å². The van der Waals surface area contributed by atoms with E-state index >= 15 is 0 Å². The largest absolute Gasteiger partial charge is 0.497 e. The van der Waals surface area contributed by atoms with Gasteiger partial charge in [0.2, 0.25) is 5.91 Å². The van der Waals surface area contributed by atoms with Gasteiger partial charge in [0.1, 0.15) is 5.75 Å². The number of hydrogen-bond donors (Lipinski definition) is 2. The van der Waals surface area contributed by atoms with Crippen LogP contribution in [0, 0.1) is 0 Å². The number of nitrogens with one attached hydrogen (secondary N) is 2. The minimum Gasteiger partial charge on any atom is -0.497 e. The van der Waals surface area contributed by atoms with E-state index in [0.717, 1.165) is 11.3 Å². The van der Waals surface area contributed by atoms with Crippen molar-refractivity contribution >= 4 is 11.9 Å². The van der Waals surface area contributed by atoms with Gasteiger partial charge in [0.05, 0.1) is 14.2 Å². The highest BCUT2D eigenvalue weighted by Gasteiger charge is 2.45. The summed E-state index contributed by atoms with van der Waals surface area (Å²) in [4.78, 5) is 23.3. The fraction of sp³-hybridized carbons (Fsp3) is 0.467. The molecule has 1 unspecified atom stereocenters. The molecule has 114 valence electrons. The highest BCUT2D eigenvalue weighted by Crippen LogP contribution is 2.21. The number of hydrogen-bond acceptors (Lipinski definition) is 5. The second-order valence-corrected chi connectivity index (χ2v) is 5.07. The Hall–Kier alpha value is -2.08. The van der Waals surface area contributed by atoms with Gasteiger partial charge in [-0.1, -0.05) is 12.1 Å². The predicted octanol–water partition coefficient (Wildman–Crippen LogP) is 0.607. The molecule has 1 saturated heterocycles. The minimum atomic E-state index is -0.946. The molecule has 1 amide bonds. The number of benzene rings is 1. The monoisotopic (exact) mass is 292 g/mol. The molecule has 1 aromatic carbocycles. The zero-order chi connectivity index (χ0) is 15.3. The lowest BCUT2D eigenvalue weighted by atomic mass is 9.97. The van der Waals surface area contributed by atoms with Crippen molar-refractivity contribution in [2.24, 2.45) is 0 Å². The lowest BCUT2D eigenvalue weighted by molar-refractivity contribution is -0.148. The zero-order valence-corrected chi connectivity index (χ0v) is 12.3. The van der Waals surface area contributed by atoms with Crippen molar-refractivity contribution in [2.75, 3.05) is 20.8 Å². The summed E-state index contributed by atoms with van der Waals surface area (Å²) in [5.74, 6) is 0.273. The van der Waals surface area contributed by atoms with Gasteiger partial charge in [0.15, 0.2) is 5.54 Å². The van der Waals surface area contributed by atoms with Crippen molar-refractivity contribution in [3.05, 3.63) is 29.8 Å². The summed E-state index contributed by atoms with van der Waals surface area (Å²) >= 11 is 0. The van der Waals surface area contributed by atoms with Gasteiger partial charge in [0, 0.05) is 19.5 Å². The molecule has 1 aliphatic heterocycles. The van der Waals surface area contributed by atoms with Crippen LogP contribution in [0.5, 0.6) is 5.75 Å². The Morgan fingerprint density at radius 3 is 2.57 bits per heavy atom. The zero-order valence-electron chi connectivity index (χ0n) is 12.3. The first-order chi connectivity index (χ1) is 10.1. The molecule has 1 atom stereocenters. The molecule has 2 N–H and O–H groups in total. The summed E-state index contributed by atoms with van der Waals surface area (Å²) in [6, 6.07) is 7.66. The minimum absolute atomic E-state index is 0.119. The molecular formula is C15H20N2O4. The van der Waals surface area contributed by atoms with E-state index in [4.69, 9.17) is 9.47 Å². The number of carbonyl (C=O) groups is 2. The molecule has 6 heteroatoms. The van der Waals surface area contributed by atoms with E-state index in [0.29, 0.717) is 25.9 Å². The fourth-order valence-electron chi connectivity index (χ4n) is 2.44. The molecule has 0 bridgehead atoms. The van der Waals surface area contributed by atoms with Crippen LogP contribution < -0.4 is 15.4 Å². The van der Waals surface area contributed by atoms with Crippen molar-refractivity contribution in [1.82, 2.24) is 10.6 Å². The maximum absolute atomic E-state index is 11.9. The summed E-state index contributed by atoms with van der Waals surface area (Å²) in [6.07, 6.45) is 0.799. The molecule has 1 heterocycles. The van der Waals surface area contributed by atoms with Gasteiger partial charge in [-0.2, -0.15) is 0 Å². The van der Waals surface area contributed by atoms with Crippen LogP contribution in [0.4, 0.5) is 0 Å². The average Bonchev–Trinajstić information content (AvgIpc) is 2.89. The molecule has 1 aromatic rings. The Labute approximate surface area is 123 Å². The maximum atomic E-state index is 11.9. The van der Waals surface area contributed by atoms with Crippen LogP contribution in [0.2, 0.25) is 0 Å². The molecular weight excluding hydrogens is 272 g/mol. The first-order valence-corrected chi connectivity index (χ1v) is 6.83. The summed E-state index contributed by atoms with van der Waals surface area (Å²) in [5, 5.41) is 5.93. The molecule has 0 aliphatic carbocycles. The summed E-state index contributed by atoms with van der Waals surface area (Å²) in [5.41, 5.74) is 0.123. The number of rotatable bonds is 6. The van der Waals surface area contributed by atoms with E-state index in [-0.39, 0.29) is 5.91 Å². The van der Waals surface area contributed by atoms with Crippen molar-refractivity contribution in [3.63, 3.8) is 0 Å². The molecule has 0 saturated carbocycles. The second kappa shape index (κ2) is 6.58. The fourth-order valence-corrected chi connectivity index (χ4v) is 2.44. The molecule has 1 fully saturated rings. The first-order valence-electron chi connectivity index (χ1n) is 6.83. The molecule has 2 rings (SSSR count).